The summed E-state index contributed by atoms with van der Waals surface area (Å²) in [5.74, 6) is 0.813. The highest BCUT2D eigenvalue weighted by atomic mass is 16.5. The fraction of sp³-hybridized carbons (Fsp3) is 0.348. The monoisotopic (exact) mass is 346 g/mol. The highest BCUT2D eigenvalue weighted by Gasteiger charge is 2.22. The van der Waals surface area contributed by atoms with Crippen LogP contribution < -0.4 is 4.74 Å². The lowest BCUT2D eigenvalue weighted by Crippen LogP contribution is -2.32. The van der Waals surface area contributed by atoms with E-state index in [1.807, 2.05) is 0 Å². The highest BCUT2D eigenvalue weighted by molar-refractivity contribution is 5.83. The fourth-order valence-corrected chi connectivity index (χ4v) is 3.79. The zero-order valence-corrected chi connectivity index (χ0v) is 15.6. The first kappa shape index (κ1) is 17.0. The first-order chi connectivity index (χ1) is 12.7. The van der Waals surface area contributed by atoms with Crippen LogP contribution in [0.25, 0.3) is 10.9 Å². The molecule has 0 fully saturated rings. The van der Waals surface area contributed by atoms with E-state index in [2.05, 4.69) is 73.3 Å². The summed E-state index contributed by atoms with van der Waals surface area (Å²) in [6.07, 6.45) is 2.19. The number of nitrogens with zero attached hydrogens (tertiary/aromatic N) is 2. The molecule has 0 saturated heterocycles. The Balaban J connectivity index is 1.60. The van der Waals surface area contributed by atoms with Gasteiger partial charge in [0.25, 0.3) is 0 Å². The van der Waals surface area contributed by atoms with Crippen LogP contribution in [0.4, 0.5) is 0 Å². The molecule has 1 aliphatic rings. The minimum Gasteiger partial charge on any atom is -0.473 e. The van der Waals surface area contributed by atoms with Crippen molar-refractivity contribution >= 4 is 10.9 Å². The normalized spacial score (nSPS) is 17.5. The summed E-state index contributed by atoms with van der Waals surface area (Å²) in [4.78, 5) is 7.39. The van der Waals surface area contributed by atoms with Gasteiger partial charge in [0.1, 0.15) is 6.10 Å². The van der Waals surface area contributed by atoms with E-state index in [0.29, 0.717) is 0 Å². The quantitative estimate of drug-likeness (QED) is 0.689. The molecule has 134 valence electrons. The molecule has 3 aromatic rings. The number of hydrogen-bond donors (Lipinski definition) is 0. The molecule has 1 aliphatic heterocycles. The van der Waals surface area contributed by atoms with Crippen LogP contribution >= 0.6 is 0 Å². The topological polar surface area (TPSA) is 25.4 Å². The van der Waals surface area contributed by atoms with E-state index in [9.17, 15) is 0 Å². The molecule has 0 amide bonds. The van der Waals surface area contributed by atoms with Crippen LogP contribution in [0, 0.1) is 0 Å². The lowest BCUT2D eigenvalue weighted by Gasteiger charge is -2.21. The van der Waals surface area contributed by atoms with E-state index in [1.54, 1.807) is 0 Å². The fourth-order valence-electron chi connectivity index (χ4n) is 3.79. The van der Waals surface area contributed by atoms with Crippen molar-refractivity contribution in [2.45, 2.75) is 39.3 Å². The van der Waals surface area contributed by atoms with E-state index in [4.69, 9.17) is 9.72 Å². The first-order valence-corrected chi connectivity index (χ1v) is 9.57. The van der Waals surface area contributed by atoms with Gasteiger partial charge in [-0.2, -0.15) is 0 Å². The number of ether oxygens (including phenoxy) is 1. The molecule has 0 aliphatic carbocycles. The van der Waals surface area contributed by atoms with Crippen molar-refractivity contribution in [1.29, 1.82) is 0 Å². The highest BCUT2D eigenvalue weighted by Crippen LogP contribution is 2.29. The third-order valence-corrected chi connectivity index (χ3v) is 5.13. The minimum absolute atomic E-state index is 0.144. The van der Waals surface area contributed by atoms with Gasteiger partial charge in [-0.3, -0.25) is 4.90 Å². The molecule has 3 nitrogen and oxygen atoms in total. The van der Waals surface area contributed by atoms with Gasteiger partial charge in [0.15, 0.2) is 0 Å². The Hall–Kier alpha value is -2.39. The van der Waals surface area contributed by atoms with Crippen molar-refractivity contribution in [3.05, 3.63) is 71.3 Å². The number of para-hydroxylation sites is 1. The van der Waals surface area contributed by atoms with E-state index < -0.39 is 0 Å². The molecule has 2 heterocycles. The van der Waals surface area contributed by atoms with E-state index in [-0.39, 0.29) is 6.10 Å². The molecule has 4 rings (SSSR count). The number of rotatable bonds is 4. The maximum atomic E-state index is 6.19. The van der Waals surface area contributed by atoms with Gasteiger partial charge in [0, 0.05) is 30.6 Å². The Kier molecular flexibility index (Phi) is 4.89. The van der Waals surface area contributed by atoms with Crippen LogP contribution in [0.3, 0.4) is 0 Å². The van der Waals surface area contributed by atoms with Crippen molar-refractivity contribution in [1.82, 2.24) is 9.88 Å². The Bertz CT molecular complexity index is 891. The SMILES string of the molecule is CCc1cccc2cc3c(nc12)OC(C)CN(CCc1ccccc1)C3. The van der Waals surface area contributed by atoms with Crippen LogP contribution in [0.15, 0.2) is 54.6 Å². The predicted octanol–water partition coefficient (Wildman–Crippen LogP) is 4.62. The standard InChI is InChI=1S/C23H26N2O/c1-3-19-10-7-11-20-14-21-16-25(13-12-18-8-5-4-6-9-18)15-17(2)26-23(21)24-22(19)20/h4-11,14,17H,3,12-13,15-16H2,1-2H3. The van der Waals surface area contributed by atoms with Gasteiger partial charge >= 0.3 is 0 Å². The van der Waals surface area contributed by atoms with Gasteiger partial charge in [-0.15, -0.1) is 0 Å². The second-order valence-corrected chi connectivity index (χ2v) is 7.19. The van der Waals surface area contributed by atoms with Gasteiger partial charge in [0.2, 0.25) is 5.88 Å². The van der Waals surface area contributed by atoms with Crippen molar-refractivity contribution in [3.63, 3.8) is 0 Å². The second-order valence-electron chi connectivity index (χ2n) is 7.19. The van der Waals surface area contributed by atoms with Gasteiger partial charge in [0.05, 0.1) is 5.52 Å². The predicted molar refractivity (Wildman–Crippen MR) is 107 cm³/mol. The molecule has 1 atom stereocenters. The van der Waals surface area contributed by atoms with Crippen molar-refractivity contribution < 1.29 is 4.74 Å². The van der Waals surface area contributed by atoms with Gasteiger partial charge < -0.3 is 4.74 Å². The van der Waals surface area contributed by atoms with Crippen LogP contribution in [0.2, 0.25) is 0 Å². The number of hydrogen-bond acceptors (Lipinski definition) is 3. The van der Waals surface area contributed by atoms with Crippen molar-refractivity contribution in [3.8, 4) is 5.88 Å². The molecule has 26 heavy (non-hydrogen) atoms. The lowest BCUT2D eigenvalue weighted by atomic mass is 10.1. The minimum atomic E-state index is 0.144. The summed E-state index contributed by atoms with van der Waals surface area (Å²) in [5, 5.41) is 1.21. The molecule has 1 aromatic heterocycles. The zero-order chi connectivity index (χ0) is 17.9. The summed E-state index contributed by atoms with van der Waals surface area (Å²) in [6, 6.07) is 19.4. The molecule has 3 heteroatoms. The van der Waals surface area contributed by atoms with E-state index in [1.165, 1.54) is 22.1 Å². The summed E-state index contributed by atoms with van der Waals surface area (Å²) in [5.41, 5.74) is 4.95. The Morgan fingerprint density at radius 2 is 1.96 bits per heavy atom. The average molecular weight is 346 g/mol. The van der Waals surface area contributed by atoms with Crippen LogP contribution in [0.5, 0.6) is 5.88 Å². The summed E-state index contributed by atoms with van der Waals surface area (Å²) in [6.45, 7) is 7.18. The van der Waals surface area contributed by atoms with E-state index >= 15 is 0 Å². The second kappa shape index (κ2) is 7.46. The molecule has 2 aromatic carbocycles. The van der Waals surface area contributed by atoms with Crippen LogP contribution in [0.1, 0.15) is 30.5 Å². The smallest absolute Gasteiger partial charge is 0.218 e. The van der Waals surface area contributed by atoms with Crippen molar-refractivity contribution in [2.24, 2.45) is 0 Å². The number of aromatic nitrogens is 1. The molecule has 0 bridgehead atoms. The van der Waals surface area contributed by atoms with Gasteiger partial charge in [-0.25, -0.2) is 4.98 Å². The first-order valence-electron chi connectivity index (χ1n) is 9.57. The lowest BCUT2D eigenvalue weighted by molar-refractivity contribution is 0.158. The average Bonchev–Trinajstić information content (AvgIpc) is 2.82. The molecular weight excluding hydrogens is 320 g/mol. The number of aryl methyl sites for hydroxylation is 1. The third kappa shape index (κ3) is 3.58. The maximum absolute atomic E-state index is 6.19. The van der Waals surface area contributed by atoms with Gasteiger partial charge in [-0.05, 0) is 37.0 Å². The summed E-state index contributed by atoms with van der Waals surface area (Å²) in [7, 11) is 0. The van der Waals surface area contributed by atoms with Crippen molar-refractivity contribution in [2.75, 3.05) is 13.1 Å². The maximum Gasteiger partial charge on any atom is 0.218 e. The van der Waals surface area contributed by atoms with Crippen LogP contribution in [-0.2, 0) is 19.4 Å². The van der Waals surface area contributed by atoms with Crippen LogP contribution in [-0.4, -0.2) is 29.1 Å². The number of pyridine rings is 1. The van der Waals surface area contributed by atoms with E-state index in [0.717, 1.165) is 43.9 Å². The molecule has 0 radical (unpaired) electrons. The Morgan fingerprint density at radius 1 is 1.12 bits per heavy atom. The number of fused-ring (bicyclic) bond motifs is 2. The largest absolute Gasteiger partial charge is 0.473 e. The molecule has 0 spiro atoms. The molecule has 1 unspecified atom stereocenters. The summed E-state index contributed by atoms with van der Waals surface area (Å²) >= 11 is 0. The third-order valence-electron chi connectivity index (χ3n) is 5.13. The zero-order valence-electron chi connectivity index (χ0n) is 15.6. The molecular formula is C23H26N2O. The Labute approximate surface area is 155 Å². The molecule has 0 N–H and O–H groups in total. The summed E-state index contributed by atoms with van der Waals surface area (Å²) < 4.78 is 6.19. The Morgan fingerprint density at radius 3 is 2.77 bits per heavy atom. The number of benzene rings is 2. The molecule has 0 saturated carbocycles. The van der Waals surface area contributed by atoms with Gasteiger partial charge in [-0.1, -0.05) is 55.5 Å².